The molecule has 5 nitrogen and oxygen atoms in total. The smallest absolute Gasteiger partial charge is 0.161 e. The van der Waals surface area contributed by atoms with E-state index in [-0.39, 0.29) is 11.8 Å². The van der Waals surface area contributed by atoms with Crippen molar-refractivity contribution in [1.82, 2.24) is 5.32 Å². The molecule has 0 spiro atoms. The van der Waals surface area contributed by atoms with Gasteiger partial charge in [-0.2, -0.15) is 0 Å². The zero-order valence-corrected chi connectivity index (χ0v) is 12.8. The maximum absolute atomic E-state index is 11.6. The quantitative estimate of drug-likeness (QED) is 0.917. The molecule has 1 atom stereocenters. The van der Waals surface area contributed by atoms with Crippen LogP contribution in [-0.4, -0.2) is 39.2 Å². The van der Waals surface area contributed by atoms with Gasteiger partial charge in [-0.1, -0.05) is 6.07 Å². The van der Waals surface area contributed by atoms with Crippen LogP contribution < -0.4 is 14.8 Å². The lowest BCUT2D eigenvalue weighted by atomic mass is 10.1. The number of hydrogen-bond donors (Lipinski definition) is 1. The molecule has 0 bridgehead atoms. The van der Waals surface area contributed by atoms with Crippen molar-refractivity contribution in [2.75, 3.05) is 24.7 Å². The molecule has 1 saturated heterocycles. The Labute approximate surface area is 125 Å². The van der Waals surface area contributed by atoms with Crippen molar-refractivity contribution in [3.8, 4) is 11.5 Å². The summed E-state index contributed by atoms with van der Waals surface area (Å²) in [4.78, 5) is 0. The van der Waals surface area contributed by atoms with E-state index in [9.17, 15) is 8.42 Å². The van der Waals surface area contributed by atoms with Gasteiger partial charge in [0.05, 0.1) is 24.7 Å². The molecule has 3 rings (SSSR count). The zero-order valence-electron chi connectivity index (χ0n) is 12.0. The minimum Gasteiger partial charge on any atom is -0.490 e. The van der Waals surface area contributed by atoms with Crippen molar-refractivity contribution in [2.45, 2.75) is 31.8 Å². The molecule has 0 radical (unpaired) electrons. The fourth-order valence-electron chi connectivity index (χ4n) is 2.76. The standard InChI is InChI=1S/C15H21NO4S/c17-21(18)8-1-3-13(11-21)16-10-12-4-5-14-15(9-12)20-7-2-6-19-14/h4-5,9,13,16H,1-3,6-8,10-11H2. The van der Waals surface area contributed by atoms with E-state index < -0.39 is 9.84 Å². The number of ether oxygens (including phenoxy) is 2. The van der Waals surface area contributed by atoms with E-state index in [1.165, 1.54) is 0 Å². The summed E-state index contributed by atoms with van der Waals surface area (Å²) in [6.45, 7) is 2.01. The largest absolute Gasteiger partial charge is 0.490 e. The van der Waals surface area contributed by atoms with Crippen molar-refractivity contribution in [1.29, 1.82) is 0 Å². The Morgan fingerprint density at radius 1 is 1.14 bits per heavy atom. The van der Waals surface area contributed by atoms with Crippen LogP contribution in [0.2, 0.25) is 0 Å². The molecule has 2 heterocycles. The topological polar surface area (TPSA) is 64.6 Å². The first kappa shape index (κ1) is 14.7. The van der Waals surface area contributed by atoms with Crippen LogP contribution in [0.15, 0.2) is 18.2 Å². The third-order valence-electron chi connectivity index (χ3n) is 3.87. The van der Waals surface area contributed by atoms with E-state index in [1.807, 2.05) is 18.2 Å². The highest BCUT2D eigenvalue weighted by Gasteiger charge is 2.24. The Kier molecular flexibility index (Phi) is 4.35. The van der Waals surface area contributed by atoms with Gasteiger partial charge >= 0.3 is 0 Å². The Bertz CT molecular complexity index is 600. The van der Waals surface area contributed by atoms with Crippen LogP contribution in [0, 0.1) is 0 Å². The number of sulfone groups is 1. The van der Waals surface area contributed by atoms with Gasteiger partial charge in [-0.05, 0) is 30.5 Å². The third-order valence-corrected chi connectivity index (χ3v) is 5.69. The van der Waals surface area contributed by atoms with E-state index in [1.54, 1.807) is 0 Å². The average molecular weight is 311 g/mol. The number of benzene rings is 1. The number of fused-ring (bicyclic) bond motifs is 1. The fraction of sp³-hybridized carbons (Fsp3) is 0.600. The fourth-order valence-corrected chi connectivity index (χ4v) is 4.43. The summed E-state index contributed by atoms with van der Waals surface area (Å²) in [6.07, 6.45) is 2.56. The Morgan fingerprint density at radius 3 is 2.76 bits per heavy atom. The van der Waals surface area contributed by atoms with Crippen LogP contribution in [0.1, 0.15) is 24.8 Å². The van der Waals surface area contributed by atoms with E-state index in [4.69, 9.17) is 9.47 Å². The molecule has 1 unspecified atom stereocenters. The second-order valence-electron chi connectivity index (χ2n) is 5.67. The highest BCUT2D eigenvalue weighted by molar-refractivity contribution is 7.91. The Hall–Kier alpha value is -1.27. The monoisotopic (exact) mass is 311 g/mol. The predicted molar refractivity (Wildman–Crippen MR) is 80.6 cm³/mol. The van der Waals surface area contributed by atoms with Crippen LogP contribution in [0.4, 0.5) is 0 Å². The van der Waals surface area contributed by atoms with Gasteiger partial charge in [-0.3, -0.25) is 0 Å². The molecule has 1 N–H and O–H groups in total. The summed E-state index contributed by atoms with van der Waals surface area (Å²) in [6, 6.07) is 5.96. The molecule has 1 aromatic rings. The lowest BCUT2D eigenvalue weighted by Gasteiger charge is -2.23. The summed E-state index contributed by atoms with van der Waals surface area (Å²) < 4.78 is 34.5. The predicted octanol–water partition coefficient (Wildman–Crippen LogP) is 1.51. The van der Waals surface area contributed by atoms with E-state index >= 15 is 0 Å². The molecule has 21 heavy (non-hydrogen) atoms. The molecule has 6 heteroatoms. The second kappa shape index (κ2) is 6.23. The average Bonchev–Trinajstić information content (AvgIpc) is 2.69. The number of hydrogen-bond acceptors (Lipinski definition) is 5. The van der Waals surface area contributed by atoms with Crippen molar-refractivity contribution in [3.05, 3.63) is 23.8 Å². The van der Waals surface area contributed by atoms with Crippen molar-refractivity contribution >= 4 is 9.84 Å². The lowest BCUT2D eigenvalue weighted by Crippen LogP contribution is -2.39. The van der Waals surface area contributed by atoms with Crippen molar-refractivity contribution in [2.24, 2.45) is 0 Å². The van der Waals surface area contributed by atoms with Gasteiger partial charge in [-0.15, -0.1) is 0 Å². The summed E-state index contributed by atoms with van der Waals surface area (Å²) in [5, 5.41) is 3.34. The number of nitrogens with one attached hydrogen (secondary N) is 1. The van der Waals surface area contributed by atoms with Crippen LogP contribution in [-0.2, 0) is 16.4 Å². The maximum Gasteiger partial charge on any atom is 0.161 e. The highest BCUT2D eigenvalue weighted by Crippen LogP contribution is 2.30. The summed E-state index contributed by atoms with van der Waals surface area (Å²) in [5.41, 5.74) is 1.09. The van der Waals surface area contributed by atoms with Gasteiger partial charge in [0, 0.05) is 19.0 Å². The van der Waals surface area contributed by atoms with Gasteiger partial charge in [0.2, 0.25) is 0 Å². The van der Waals surface area contributed by atoms with Gasteiger partial charge in [-0.25, -0.2) is 8.42 Å². The molecule has 0 amide bonds. The molecule has 0 aliphatic carbocycles. The SMILES string of the molecule is O=S1(=O)CCCC(NCc2ccc3c(c2)OCCCO3)C1. The van der Waals surface area contributed by atoms with Crippen molar-refractivity contribution < 1.29 is 17.9 Å². The van der Waals surface area contributed by atoms with Gasteiger partial charge in [0.1, 0.15) is 0 Å². The molecule has 1 fully saturated rings. The van der Waals surface area contributed by atoms with E-state index in [0.717, 1.165) is 36.3 Å². The molecule has 2 aliphatic rings. The minimum absolute atomic E-state index is 0.0553. The summed E-state index contributed by atoms with van der Waals surface area (Å²) >= 11 is 0. The Morgan fingerprint density at radius 2 is 1.95 bits per heavy atom. The summed E-state index contributed by atoms with van der Waals surface area (Å²) in [7, 11) is -2.86. The first-order valence-electron chi connectivity index (χ1n) is 7.45. The first-order chi connectivity index (χ1) is 10.1. The highest BCUT2D eigenvalue weighted by atomic mass is 32.2. The van der Waals surface area contributed by atoms with Crippen molar-refractivity contribution in [3.63, 3.8) is 0 Å². The van der Waals surface area contributed by atoms with Gasteiger partial charge < -0.3 is 14.8 Å². The molecular formula is C15H21NO4S. The normalized spacial score (nSPS) is 24.3. The number of rotatable bonds is 3. The first-order valence-corrected chi connectivity index (χ1v) is 9.27. The van der Waals surface area contributed by atoms with E-state index in [0.29, 0.717) is 25.5 Å². The molecule has 2 aliphatic heterocycles. The molecule has 0 saturated carbocycles. The van der Waals surface area contributed by atoms with Crippen LogP contribution in [0.25, 0.3) is 0 Å². The zero-order chi connectivity index (χ0) is 14.7. The molecule has 1 aromatic carbocycles. The molecular weight excluding hydrogens is 290 g/mol. The third kappa shape index (κ3) is 3.89. The maximum atomic E-state index is 11.6. The lowest BCUT2D eigenvalue weighted by molar-refractivity contribution is 0.297. The second-order valence-corrected chi connectivity index (χ2v) is 7.89. The minimum atomic E-state index is -2.86. The van der Waals surface area contributed by atoms with E-state index in [2.05, 4.69) is 5.32 Å². The van der Waals surface area contributed by atoms with Gasteiger partial charge in [0.15, 0.2) is 21.3 Å². The van der Waals surface area contributed by atoms with Crippen LogP contribution in [0.5, 0.6) is 11.5 Å². The molecule has 116 valence electrons. The van der Waals surface area contributed by atoms with Crippen LogP contribution >= 0.6 is 0 Å². The summed E-state index contributed by atoms with van der Waals surface area (Å²) in [5.74, 6) is 2.15. The Balaban J connectivity index is 1.62. The molecule has 0 aromatic heterocycles. The van der Waals surface area contributed by atoms with Crippen LogP contribution in [0.3, 0.4) is 0 Å². The van der Waals surface area contributed by atoms with Gasteiger partial charge in [0.25, 0.3) is 0 Å².